The Kier molecular flexibility index (Phi) is 4.67. The van der Waals surface area contributed by atoms with E-state index in [1.807, 2.05) is 14.0 Å². The number of aromatic nitrogens is 2. The van der Waals surface area contributed by atoms with E-state index in [0.29, 0.717) is 22.9 Å². The summed E-state index contributed by atoms with van der Waals surface area (Å²) in [4.78, 5) is 0.214. The second kappa shape index (κ2) is 6.11. The smallest absolute Gasteiger partial charge is 0.131 e. The molecule has 0 amide bonds. The summed E-state index contributed by atoms with van der Waals surface area (Å²) in [6, 6.07) is 5.31. The van der Waals surface area contributed by atoms with Crippen molar-refractivity contribution in [1.29, 1.82) is 0 Å². The molecule has 4 nitrogen and oxygen atoms in total. The molecule has 106 valence electrons. The van der Waals surface area contributed by atoms with Crippen LogP contribution >= 0.6 is 39.7 Å². The Morgan fingerprint density at radius 2 is 2.25 bits per heavy atom. The van der Waals surface area contributed by atoms with E-state index < -0.39 is 0 Å². The van der Waals surface area contributed by atoms with Crippen LogP contribution in [0.15, 0.2) is 22.7 Å². The number of rotatable bonds is 4. The largest absolute Gasteiger partial charge is 0.486 e. The van der Waals surface area contributed by atoms with E-state index >= 15 is 0 Å². The first kappa shape index (κ1) is 15.3. The van der Waals surface area contributed by atoms with Crippen molar-refractivity contribution in [3.63, 3.8) is 0 Å². The Labute approximate surface area is 136 Å². The van der Waals surface area contributed by atoms with Gasteiger partial charge in [0.1, 0.15) is 17.3 Å². The van der Waals surface area contributed by atoms with Gasteiger partial charge in [-0.2, -0.15) is 5.10 Å². The SMILES string of the molecule is Cc1nn(C)c(COc2cccc(Cl)c2C(N)=S)c1Br. The minimum absolute atomic E-state index is 0.214. The highest BCUT2D eigenvalue weighted by Crippen LogP contribution is 2.28. The first-order valence-corrected chi connectivity index (χ1v) is 7.38. The van der Waals surface area contributed by atoms with Crippen LogP contribution < -0.4 is 10.5 Å². The van der Waals surface area contributed by atoms with Gasteiger partial charge in [0.2, 0.25) is 0 Å². The topological polar surface area (TPSA) is 53.1 Å². The third kappa shape index (κ3) is 2.97. The third-order valence-corrected chi connectivity index (χ3v) is 4.40. The molecule has 0 radical (unpaired) electrons. The van der Waals surface area contributed by atoms with Gasteiger partial charge in [-0.3, -0.25) is 4.68 Å². The molecule has 2 rings (SSSR count). The Hall–Kier alpha value is -1.11. The van der Waals surface area contributed by atoms with E-state index in [1.165, 1.54) is 0 Å². The molecule has 20 heavy (non-hydrogen) atoms. The highest BCUT2D eigenvalue weighted by molar-refractivity contribution is 9.10. The molecule has 2 N–H and O–H groups in total. The van der Waals surface area contributed by atoms with Gasteiger partial charge in [0.25, 0.3) is 0 Å². The molecule has 0 bridgehead atoms. The van der Waals surface area contributed by atoms with Gasteiger partial charge in [-0.15, -0.1) is 0 Å². The van der Waals surface area contributed by atoms with Gasteiger partial charge in [0, 0.05) is 7.05 Å². The predicted octanol–water partition coefficient (Wildman–Crippen LogP) is 3.36. The van der Waals surface area contributed by atoms with Gasteiger partial charge >= 0.3 is 0 Å². The highest BCUT2D eigenvalue weighted by atomic mass is 79.9. The number of nitrogens with two attached hydrogens (primary N) is 1. The molecule has 1 heterocycles. The maximum absolute atomic E-state index is 6.10. The number of benzene rings is 1. The summed E-state index contributed by atoms with van der Waals surface area (Å²) in [6.45, 7) is 2.27. The molecule has 0 unspecified atom stereocenters. The van der Waals surface area contributed by atoms with Gasteiger partial charge in [-0.25, -0.2) is 0 Å². The van der Waals surface area contributed by atoms with Crippen molar-refractivity contribution < 1.29 is 4.74 Å². The summed E-state index contributed by atoms with van der Waals surface area (Å²) < 4.78 is 8.50. The zero-order valence-electron chi connectivity index (χ0n) is 11.0. The number of aryl methyl sites for hydroxylation is 2. The molecule has 0 spiro atoms. The summed E-state index contributed by atoms with van der Waals surface area (Å²) in [7, 11) is 1.86. The van der Waals surface area contributed by atoms with Crippen molar-refractivity contribution in [1.82, 2.24) is 9.78 Å². The van der Waals surface area contributed by atoms with Crippen LogP contribution in [0.3, 0.4) is 0 Å². The summed E-state index contributed by atoms with van der Waals surface area (Å²) >= 11 is 14.6. The van der Waals surface area contributed by atoms with Crippen LogP contribution in [0.5, 0.6) is 5.75 Å². The number of hydrogen-bond donors (Lipinski definition) is 1. The number of thiocarbonyl (C=S) groups is 1. The van der Waals surface area contributed by atoms with E-state index in [0.717, 1.165) is 15.9 Å². The van der Waals surface area contributed by atoms with E-state index in [1.54, 1.807) is 22.9 Å². The van der Waals surface area contributed by atoms with Crippen LogP contribution in [0.25, 0.3) is 0 Å². The molecule has 1 aromatic carbocycles. The Morgan fingerprint density at radius 1 is 1.55 bits per heavy atom. The Morgan fingerprint density at radius 3 is 2.80 bits per heavy atom. The van der Waals surface area contributed by atoms with Gasteiger partial charge in [0.15, 0.2) is 0 Å². The quantitative estimate of drug-likeness (QED) is 0.834. The van der Waals surface area contributed by atoms with Gasteiger partial charge in [-0.1, -0.05) is 29.9 Å². The molecule has 0 saturated heterocycles. The second-order valence-corrected chi connectivity index (χ2v) is 5.88. The number of nitrogens with zero attached hydrogens (tertiary/aromatic N) is 2. The number of halogens is 2. The monoisotopic (exact) mass is 373 g/mol. The van der Waals surface area contributed by atoms with E-state index in [4.69, 9.17) is 34.3 Å². The molecule has 0 aliphatic carbocycles. The third-order valence-electron chi connectivity index (χ3n) is 2.85. The molecule has 0 aliphatic rings. The second-order valence-electron chi connectivity index (χ2n) is 4.24. The predicted molar refractivity (Wildman–Crippen MR) is 87.3 cm³/mol. The van der Waals surface area contributed by atoms with Crippen LogP contribution in [0.2, 0.25) is 5.02 Å². The maximum atomic E-state index is 6.10. The van der Waals surface area contributed by atoms with Crippen molar-refractivity contribution in [3.8, 4) is 5.75 Å². The molecule has 0 saturated carbocycles. The molecule has 1 aromatic heterocycles. The lowest BCUT2D eigenvalue weighted by molar-refractivity contribution is 0.293. The van der Waals surface area contributed by atoms with Gasteiger partial charge in [0.05, 0.1) is 26.4 Å². The standard InChI is InChI=1S/C13H13BrClN3OS/c1-7-12(14)9(18(2)17-7)6-19-10-5-3-4-8(15)11(10)13(16)20/h3-5H,6H2,1-2H3,(H2,16,20). The first-order chi connectivity index (χ1) is 9.41. The van der Waals surface area contributed by atoms with E-state index in [-0.39, 0.29) is 4.99 Å². The Balaban J connectivity index is 2.28. The lowest BCUT2D eigenvalue weighted by Crippen LogP contribution is -2.13. The van der Waals surface area contributed by atoms with Crippen molar-refractivity contribution in [3.05, 3.63) is 44.6 Å². The zero-order chi connectivity index (χ0) is 14.9. The van der Waals surface area contributed by atoms with Crippen LogP contribution in [0, 0.1) is 6.92 Å². The summed E-state index contributed by atoms with van der Waals surface area (Å²) in [5.41, 5.74) is 8.08. The van der Waals surface area contributed by atoms with Crippen molar-refractivity contribution >= 4 is 44.7 Å². The number of ether oxygens (including phenoxy) is 1. The van der Waals surface area contributed by atoms with Crippen LogP contribution in [0.1, 0.15) is 17.0 Å². The molecule has 0 atom stereocenters. The molecule has 0 fully saturated rings. The fourth-order valence-electron chi connectivity index (χ4n) is 1.85. The average molecular weight is 375 g/mol. The lowest BCUT2D eigenvalue weighted by atomic mass is 10.2. The molecular weight excluding hydrogens is 362 g/mol. The average Bonchev–Trinajstić information content (AvgIpc) is 2.61. The normalized spacial score (nSPS) is 10.6. The molecule has 2 aromatic rings. The van der Waals surface area contributed by atoms with Crippen LogP contribution in [0.4, 0.5) is 0 Å². The molecular formula is C13H13BrClN3OS. The summed E-state index contributed by atoms with van der Waals surface area (Å²) in [5.74, 6) is 0.566. The van der Waals surface area contributed by atoms with Gasteiger partial charge in [-0.05, 0) is 35.0 Å². The lowest BCUT2D eigenvalue weighted by Gasteiger charge is -2.12. The van der Waals surface area contributed by atoms with Crippen LogP contribution in [-0.4, -0.2) is 14.8 Å². The van der Waals surface area contributed by atoms with Crippen LogP contribution in [-0.2, 0) is 13.7 Å². The molecule has 7 heteroatoms. The minimum Gasteiger partial charge on any atom is -0.486 e. The first-order valence-electron chi connectivity index (χ1n) is 5.81. The highest BCUT2D eigenvalue weighted by Gasteiger charge is 2.14. The van der Waals surface area contributed by atoms with Crippen molar-refractivity contribution in [2.24, 2.45) is 12.8 Å². The summed E-state index contributed by atoms with van der Waals surface area (Å²) in [5, 5.41) is 4.79. The van der Waals surface area contributed by atoms with Crippen molar-refractivity contribution in [2.45, 2.75) is 13.5 Å². The van der Waals surface area contributed by atoms with Gasteiger partial charge < -0.3 is 10.5 Å². The fourth-order valence-corrected chi connectivity index (χ4v) is 2.83. The van der Waals surface area contributed by atoms with E-state index in [9.17, 15) is 0 Å². The Bertz CT molecular complexity index is 672. The fraction of sp³-hybridized carbons (Fsp3) is 0.231. The zero-order valence-corrected chi connectivity index (χ0v) is 14.1. The number of hydrogen-bond acceptors (Lipinski definition) is 3. The van der Waals surface area contributed by atoms with E-state index in [2.05, 4.69) is 21.0 Å². The minimum atomic E-state index is 0.214. The molecule has 0 aliphatic heterocycles. The van der Waals surface area contributed by atoms with Crippen molar-refractivity contribution in [2.75, 3.05) is 0 Å². The maximum Gasteiger partial charge on any atom is 0.131 e. The summed E-state index contributed by atoms with van der Waals surface area (Å²) in [6.07, 6.45) is 0.